The fourth-order valence-corrected chi connectivity index (χ4v) is 2.88. The second kappa shape index (κ2) is 6.18. The maximum atomic E-state index is 9.51. The van der Waals surface area contributed by atoms with Gasteiger partial charge in [-0.05, 0) is 56.7 Å². The molecule has 18 heavy (non-hydrogen) atoms. The molecule has 1 unspecified atom stereocenters. The summed E-state index contributed by atoms with van der Waals surface area (Å²) in [5.41, 5.74) is 2.61. The quantitative estimate of drug-likeness (QED) is 0.892. The van der Waals surface area contributed by atoms with E-state index in [0.29, 0.717) is 12.1 Å². The Kier molecular flexibility index (Phi) is 4.82. The Hall–Kier alpha value is -0.380. The van der Waals surface area contributed by atoms with Gasteiger partial charge in [0.25, 0.3) is 0 Å². The van der Waals surface area contributed by atoms with Crippen molar-refractivity contribution < 1.29 is 5.11 Å². The van der Waals surface area contributed by atoms with E-state index in [2.05, 4.69) is 53.3 Å². The van der Waals surface area contributed by atoms with E-state index in [-0.39, 0.29) is 6.10 Å². The van der Waals surface area contributed by atoms with Gasteiger partial charge >= 0.3 is 0 Å². The van der Waals surface area contributed by atoms with Crippen molar-refractivity contribution in [3.63, 3.8) is 0 Å². The number of aliphatic hydroxyl groups is 1. The summed E-state index contributed by atoms with van der Waals surface area (Å²) < 4.78 is 1.17. The van der Waals surface area contributed by atoms with Crippen molar-refractivity contribution in [1.29, 1.82) is 0 Å². The van der Waals surface area contributed by atoms with Crippen LogP contribution < -0.4 is 5.32 Å². The molecule has 2 N–H and O–H groups in total. The van der Waals surface area contributed by atoms with E-state index in [4.69, 9.17) is 0 Å². The van der Waals surface area contributed by atoms with E-state index in [1.54, 1.807) is 0 Å². The number of halogens is 1. The molecule has 1 aliphatic rings. The minimum atomic E-state index is -0.0757. The molecule has 0 aliphatic heterocycles. The van der Waals surface area contributed by atoms with Gasteiger partial charge < -0.3 is 10.4 Å². The number of rotatable bonds is 3. The Morgan fingerprint density at radius 2 is 1.94 bits per heavy atom. The van der Waals surface area contributed by atoms with Gasteiger partial charge in [-0.25, -0.2) is 0 Å². The summed E-state index contributed by atoms with van der Waals surface area (Å²) in [4.78, 5) is 0. The zero-order chi connectivity index (χ0) is 13.1. The van der Waals surface area contributed by atoms with Crippen LogP contribution in [0.2, 0.25) is 0 Å². The summed E-state index contributed by atoms with van der Waals surface area (Å²) >= 11 is 3.54. The molecule has 1 aromatic rings. The Labute approximate surface area is 118 Å². The molecule has 2 nitrogen and oxygen atoms in total. The van der Waals surface area contributed by atoms with E-state index in [0.717, 1.165) is 25.7 Å². The van der Waals surface area contributed by atoms with Gasteiger partial charge in [0, 0.05) is 16.6 Å². The van der Waals surface area contributed by atoms with Crippen LogP contribution in [-0.4, -0.2) is 17.3 Å². The number of hydrogen-bond acceptors (Lipinski definition) is 2. The fraction of sp³-hybridized carbons (Fsp3) is 0.600. The molecule has 0 spiro atoms. The largest absolute Gasteiger partial charge is 0.393 e. The third-order valence-corrected chi connectivity index (χ3v) is 4.75. The highest BCUT2D eigenvalue weighted by Crippen LogP contribution is 2.24. The third kappa shape index (κ3) is 3.56. The van der Waals surface area contributed by atoms with E-state index in [1.807, 2.05) is 0 Å². The molecule has 2 rings (SSSR count). The van der Waals surface area contributed by atoms with Crippen molar-refractivity contribution in [1.82, 2.24) is 5.32 Å². The number of nitrogens with one attached hydrogen (secondary N) is 1. The predicted octanol–water partition coefficient (Wildman–Crippen LogP) is 3.71. The summed E-state index contributed by atoms with van der Waals surface area (Å²) in [7, 11) is 0. The van der Waals surface area contributed by atoms with Crippen LogP contribution in [0.3, 0.4) is 0 Å². The fourth-order valence-electron chi connectivity index (χ4n) is 2.63. The van der Waals surface area contributed by atoms with Crippen LogP contribution in [0.15, 0.2) is 22.7 Å². The third-order valence-electron chi connectivity index (χ3n) is 3.86. The van der Waals surface area contributed by atoms with Gasteiger partial charge in [-0.3, -0.25) is 0 Å². The zero-order valence-corrected chi connectivity index (χ0v) is 12.7. The highest BCUT2D eigenvalue weighted by molar-refractivity contribution is 9.10. The molecule has 3 heteroatoms. The van der Waals surface area contributed by atoms with Crippen LogP contribution >= 0.6 is 15.9 Å². The monoisotopic (exact) mass is 311 g/mol. The van der Waals surface area contributed by atoms with Gasteiger partial charge in [0.05, 0.1) is 6.10 Å². The zero-order valence-electron chi connectivity index (χ0n) is 11.1. The normalized spacial score (nSPS) is 26.0. The maximum absolute atomic E-state index is 9.51. The molecule has 1 aliphatic carbocycles. The van der Waals surface area contributed by atoms with Crippen molar-refractivity contribution in [2.45, 2.75) is 57.7 Å². The molecule has 0 amide bonds. The lowest BCUT2D eigenvalue weighted by Gasteiger charge is -2.29. The molecular weight excluding hydrogens is 290 g/mol. The van der Waals surface area contributed by atoms with Crippen LogP contribution in [0.5, 0.6) is 0 Å². The van der Waals surface area contributed by atoms with Gasteiger partial charge in [-0.1, -0.05) is 28.1 Å². The smallest absolute Gasteiger partial charge is 0.0541 e. The van der Waals surface area contributed by atoms with Crippen molar-refractivity contribution in [2.75, 3.05) is 0 Å². The molecule has 0 aromatic heterocycles. The van der Waals surface area contributed by atoms with E-state index in [9.17, 15) is 5.11 Å². The van der Waals surface area contributed by atoms with Crippen LogP contribution in [0.1, 0.15) is 49.8 Å². The number of hydrogen-bond donors (Lipinski definition) is 2. The Morgan fingerprint density at radius 3 is 2.56 bits per heavy atom. The predicted molar refractivity (Wildman–Crippen MR) is 78.7 cm³/mol. The Balaban J connectivity index is 1.94. The summed E-state index contributed by atoms with van der Waals surface area (Å²) in [6.45, 7) is 4.34. The average molecular weight is 312 g/mol. The standard InChI is InChI=1S/C15H22BrNO/c1-10-9-12(3-8-15(10)16)11(2)17-13-4-6-14(18)7-5-13/h3,8-9,11,13-14,17-18H,4-7H2,1-2H3. The lowest BCUT2D eigenvalue weighted by molar-refractivity contribution is 0.114. The summed E-state index contributed by atoms with van der Waals surface area (Å²) in [5.74, 6) is 0. The minimum absolute atomic E-state index is 0.0757. The first-order valence-corrected chi connectivity index (χ1v) is 7.55. The molecule has 100 valence electrons. The lowest BCUT2D eigenvalue weighted by atomic mass is 9.92. The molecule has 1 fully saturated rings. The molecule has 0 radical (unpaired) electrons. The summed E-state index contributed by atoms with van der Waals surface area (Å²) in [6.07, 6.45) is 3.96. The van der Waals surface area contributed by atoms with E-state index in [1.165, 1.54) is 15.6 Å². The van der Waals surface area contributed by atoms with Gasteiger partial charge in [-0.2, -0.15) is 0 Å². The van der Waals surface area contributed by atoms with Crippen molar-refractivity contribution >= 4 is 15.9 Å². The second-order valence-corrected chi connectivity index (χ2v) is 6.26. The number of aryl methyl sites for hydroxylation is 1. The molecule has 1 atom stereocenters. The molecule has 0 bridgehead atoms. The molecule has 0 saturated heterocycles. The minimum Gasteiger partial charge on any atom is -0.393 e. The SMILES string of the molecule is Cc1cc(C(C)NC2CCC(O)CC2)ccc1Br. The first kappa shape index (κ1) is 14.0. The number of benzene rings is 1. The summed E-state index contributed by atoms with van der Waals surface area (Å²) in [5, 5.41) is 13.2. The van der Waals surface area contributed by atoms with Crippen LogP contribution in [0.4, 0.5) is 0 Å². The van der Waals surface area contributed by atoms with Crippen molar-refractivity contribution in [2.24, 2.45) is 0 Å². The topological polar surface area (TPSA) is 32.3 Å². The van der Waals surface area contributed by atoms with E-state index >= 15 is 0 Å². The Bertz CT molecular complexity index is 399. The first-order valence-electron chi connectivity index (χ1n) is 6.76. The maximum Gasteiger partial charge on any atom is 0.0541 e. The van der Waals surface area contributed by atoms with Crippen LogP contribution in [0.25, 0.3) is 0 Å². The molecular formula is C15H22BrNO. The average Bonchev–Trinajstić information content (AvgIpc) is 2.35. The second-order valence-electron chi connectivity index (χ2n) is 5.40. The van der Waals surface area contributed by atoms with Gasteiger partial charge in [0.2, 0.25) is 0 Å². The highest BCUT2D eigenvalue weighted by atomic mass is 79.9. The molecule has 1 saturated carbocycles. The number of aliphatic hydroxyl groups excluding tert-OH is 1. The van der Waals surface area contributed by atoms with Crippen molar-refractivity contribution in [3.05, 3.63) is 33.8 Å². The van der Waals surface area contributed by atoms with E-state index < -0.39 is 0 Å². The van der Waals surface area contributed by atoms with Crippen molar-refractivity contribution in [3.8, 4) is 0 Å². The van der Waals surface area contributed by atoms with Crippen LogP contribution in [-0.2, 0) is 0 Å². The van der Waals surface area contributed by atoms with Gasteiger partial charge in [0.15, 0.2) is 0 Å². The highest BCUT2D eigenvalue weighted by Gasteiger charge is 2.20. The molecule has 0 heterocycles. The van der Waals surface area contributed by atoms with Crippen LogP contribution in [0, 0.1) is 6.92 Å². The first-order chi connectivity index (χ1) is 8.56. The van der Waals surface area contributed by atoms with Gasteiger partial charge in [0.1, 0.15) is 0 Å². The summed E-state index contributed by atoms with van der Waals surface area (Å²) in [6, 6.07) is 7.45. The Morgan fingerprint density at radius 1 is 1.28 bits per heavy atom. The molecule has 1 aromatic carbocycles. The lowest BCUT2D eigenvalue weighted by Crippen LogP contribution is -2.36. The van der Waals surface area contributed by atoms with Gasteiger partial charge in [-0.15, -0.1) is 0 Å².